The van der Waals surface area contributed by atoms with Gasteiger partial charge in [-0.05, 0) is 66.7 Å². The van der Waals surface area contributed by atoms with Crippen molar-refractivity contribution < 1.29 is 0 Å². The summed E-state index contributed by atoms with van der Waals surface area (Å²) in [6.45, 7) is 0. The van der Waals surface area contributed by atoms with Crippen molar-refractivity contribution >= 4 is 93.0 Å². The van der Waals surface area contributed by atoms with Gasteiger partial charge in [0.25, 0.3) is 0 Å². The topological polar surface area (TPSA) is 40.0 Å². The van der Waals surface area contributed by atoms with Crippen LogP contribution < -0.4 is 0 Å². The Morgan fingerprint density at radius 3 is 1.57 bits per heavy atom. The molecule has 0 saturated heterocycles. The van der Waals surface area contributed by atoms with E-state index in [-0.39, 0.29) is 0 Å². The number of hydrogen-bond donors (Lipinski definition) is 0. The lowest BCUT2D eigenvalue weighted by Crippen LogP contribution is -1.96. The fraction of sp³-hybridized carbons (Fsp3) is 0. The van der Waals surface area contributed by atoms with Crippen LogP contribution in [0.4, 0.5) is 0 Å². The van der Waals surface area contributed by atoms with Crippen molar-refractivity contribution in [1.29, 1.82) is 0 Å². The summed E-state index contributed by atoms with van der Waals surface area (Å²) in [5, 5.41) is 8.52. The number of benzene rings is 7. The summed E-state index contributed by atoms with van der Waals surface area (Å²) < 4.78 is 7.16. The van der Waals surface area contributed by atoms with Gasteiger partial charge in [-0.15, -0.1) is 0 Å². The van der Waals surface area contributed by atoms with E-state index in [1.807, 2.05) is 18.2 Å². The van der Waals surface area contributed by atoms with Gasteiger partial charge in [0.05, 0.1) is 44.1 Å². The van der Waals surface area contributed by atoms with Crippen LogP contribution in [-0.2, 0) is 0 Å². The number of fused-ring (bicyclic) bond motifs is 13. The zero-order valence-corrected chi connectivity index (χ0v) is 26.2. The molecule has 0 fully saturated rings. The first kappa shape index (κ1) is 25.4. The van der Waals surface area contributed by atoms with Gasteiger partial charge < -0.3 is 9.13 Å². The minimum Gasteiger partial charge on any atom is -0.309 e. The minimum atomic E-state index is 0.897. The molecule has 7 aromatic carbocycles. The lowest BCUT2D eigenvalue weighted by molar-refractivity contribution is 1.17. The van der Waals surface area contributed by atoms with E-state index in [1.165, 1.54) is 59.9 Å². The van der Waals surface area contributed by atoms with Crippen LogP contribution in [-0.4, -0.2) is 23.5 Å². The van der Waals surface area contributed by atoms with Crippen molar-refractivity contribution in [3.63, 3.8) is 0 Å². The molecule has 0 N–H and O–H groups in total. The van der Waals surface area contributed by atoms with Gasteiger partial charge in [0.2, 0.25) is 0 Å². The van der Waals surface area contributed by atoms with E-state index in [1.54, 1.807) is 0 Å². The van der Waals surface area contributed by atoms with Crippen molar-refractivity contribution in [1.82, 2.24) is 23.5 Å². The van der Waals surface area contributed by atoms with Crippen LogP contribution in [0.3, 0.4) is 0 Å². The largest absolute Gasteiger partial charge is 0.309 e. The lowest BCUT2D eigenvalue weighted by atomic mass is 10.1. The molecule has 0 aliphatic heterocycles. The highest BCUT2D eigenvalue weighted by molar-refractivity contribution is 6.24. The van der Waals surface area contributed by atoms with Gasteiger partial charge in [-0.1, -0.05) is 84.9 Å². The van der Waals surface area contributed by atoms with E-state index in [0.717, 1.165) is 44.5 Å². The standard InChI is InChI=1S/C44H25N5/c1-2-12-26(13-3-1)47-37-19-9-4-14-28(37)31-24-32-29-15-5-10-20-38(29)48(41(32)25-40(31)47)27-22-33-30-16-6-11-21-39(30)49-43(33)34(23-27)42-44(49)46-36-18-8-7-17-35(36)45-42/h1-25H. The average molecular weight is 624 g/mol. The Kier molecular flexibility index (Phi) is 4.66. The molecule has 49 heavy (non-hydrogen) atoms. The number of aromatic nitrogens is 5. The van der Waals surface area contributed by atoms with Gasteiger partial charge in [0.1, 0.15) is 5.52 Å². The lowest BCUT2D eigenvalue weighted by Gasteiger charge is -2.11. The first-order chi connectivity index (χ1) is 24.3. The second-order valence-electron chi connectivity index (χ2n) is 13.1. The molecule has 5 nitrogen and oxygen atoms in total. The Morgan fingerprint density at radius 2 is 0.878 bits per heavy atom. The Morgan fingerprint density at radius 1 is 0.347 bits per heavy atom. The molecule has 0 amide bonds. The molecule has 0 atom stereocenters. The molecule has 226 valence electrons. The fourth-order valence-electron chi connectivity index (χ4n) is 8.50. The van der Waals surface area contributed by atoms with Crippen LogP contribution in [0, 0.1) is 0 Å². The molecule has 5 heterocycles. The van der Waals surface area contributed by atoms with Crippen LogP contribution in [0.15, 0.2) is 152 Å². The van der Waals surface area contributed by atoms with E-state index in [0.29, 0.717) is 0 Å². The summed E-state index contributed by atoms with van der Waals surface area (Å²) in [5.74, 6) is 0. The van der Waals surface area contributed by atoms with Crippen LogP contribution in [0.5, 0.6) is 0 Å². The molecule has 5 heteroatoms. The van der Waals surface area contributed by atoms with Crippen molar-refractivity contribution in [2.24, 2.45) is 0 Å². The van der Waals surface area contributed by atoms with E-state index in [9.17, 15) is 0 Å². The van der Waals surface area contributed by atoms with Gasteiger partial charge in [0.15, 0.2) is 5.65 Å². The van der Waals surface area contributed by atoms with Gasteiger partial charge in [-0.2, -0.15) is 0 Å². The quantitative estimate of drug-likeness (QED) is 0.192. The van der Waals surface area contributed by atoms with E-state index in [2.05, 4.69) is 147 Å². The summed E-state index contributed by atoms with van der Waals surface area (Å²) in [7, 11) is 0. The summed E-state index contributed by atoms with van der Waals surface area (Å²) in [6.07, 6.45) is 0. The maximum absolute atomic E-state index is 5.24. The highest BCUT2D eigenvalue weighted by atomic mass is 15.0. The minimum absolute atomic E-state index is 0.897. The normalized spacial score (nSPS) is 12.5. The second-order valence-corrected chi connectivity index (χ2v) is 13.1. The van der Waals surface area contributed by atoms with Crippen LogP contribution in [0.2, 0.25) is 0 Å². The maximum Gasteiger partial charge on any atom is 0.165 e. The SMILES string of the molecule is c1ccc(-n2c3ccccc3c3cc4c5ccccc5n(-c5cc6c7ccccc7n7c8nc9ccccc9nc8c(c5)c67)c4cc32)cc1. The Bertz CT molecular complexity index is 3330. The highest BCUT2D eigenvalue weighted by Crippen LogP contribution is 2.43. The molecule has 0 aliphatic carbocycles. The van der Waals surface area contributed by atoms with E-state index in [4.69, 9.17) is 9.97 Å². The zero-order chi connectivity index (χ0) is 31.8. The first-order valence-electron chi connectivity index (χ1n) is 16.7. The molecular weight excluding hydrogens is 599 g/mol. The predicted octanol–water partition coefficient (Wildman–Crippen LogP) is 11.0. The molecule has 5 aromatic heterocycles. The number of para-hydroxylation sites is 6. The second kappa shape index (κ2) is 9.00. The third-order valence-electron chi connectivity index (χ3n) is 10.5. The summed E-state index contributed by atoms with van der Waals surface area (Å²) in [4.78, 5) is 10.4. The predicted molar refractivity (Wildman–Crippen MR) is 203 cm³/mol. The summed E-state index contributed by atoms with van der Waals surface area (Å²) in [5.41, 5.74) is 13.0. The van der Waals surface area contributed by atoms with Crippen molar-refractivity contribution in [3.8, 4) is 11.4 Å². The summed E-state index contributed by atoms with van der Waals surface area (Å²) >= 11 is 0. The molecule has 12 aromatic rings. The van der Waals surface area contributed by atoms with E-state index >= 15 is 0 Å². The molecule has 12 rings (SSSR count). The van der Waals surface area contributed by atoms with Gasteiger partial charge in [-0.25, -0.2) is 9.97 Å². The Balaban J connectivity index is 1.27. The molecule has 0 bridgehead atoms. The van der Waals surface area contributed by atoms with Crippen LogP contribution in [0.25, 0.3) is 104 Å². The monoisotopic (exact) mass is 623 g/mol. The van der Waals surface area contributed by atoms with Gasteiger partial charge in [-0.3, -0.25) is 4.40 Å². The van der Waals surface area contributed by atoms with Crippen molar-refractivity contribution in [3.05, 3.63) is 152 Å². The molecule has 0 aliphatic rings. The molecule has 0 spiro atoms. The highest BCUT2D eigenvalue weighted by Gasteiger charge is 2.23. The number of rotatable bonds is 2. The van der Waals surface area contributed by atoms with E-state index < -0.39 is 0 Å². The fourth-order valence-corrected chi connectivity index (χ4v) is 8.50. The number of nitrogens with zero attached hydrogens (tertiary/aromatic N) is 5. The molecule has 0 saturated carbocycles. The Labute approximate surface area is 278 Å². The van der Waals surface area contributed by atoms with Crippen LogP contribution >= 0.6 is 0 Å². The molecular formula is C44H25N5. The van der Waals surface area contributed by atoms with Gasteiger partial charge in [0, 0.05) is 49.1 Å². The number of hydrogen-bond acceptors (Lipinski definition) is 2. The third kappa shape index (κ3) is 3.19. The van der Waals surface area contributed by atoms with Crippen molar-refractivity contribution in [2.45, 2.75) is 0 Å². The zero-order valence-electron chi connectivity index (χ0n) is 26.2. The average Bonchev–Trinajstić information content (AvgIpc) is 3.87. The third-order valence-corrected chi connectivity index (χ3v) is 10.5. The molecule has 0 unspecified atom stereocenters. The Hall–Kier alpha value is -6.72. The van der Waals surface area contributed by atoms with Crippen molar-refractivity contribution in [2.75, 3.05) is 0 Å². The summed E-state index contributed by atoms with van der Waals surface area (Å²) in [6, 6.07) is 54.6. The smallest absolute Gasteiger partial charge is 0.165 e. The van der Waals surface area contributed by atoms with Gasteiger partial charge >= 0.3 is 0 Å². The molecule has 0 radical (unpaired) electrons. The van der Waals surface area contributed by atoms with Crippen LogP contribution in [0.1, 0.15) is 0 Å². The first-order valence-corrected chi connectivity index (χ1v) is 16.7. The maximum atomic E-state index is 5.24.